The fraction of sp³-hybridized carbons (Fsp3) is 0.500. The van der Waals surface area contributed by atoms with E-state index in [1.54, 1.807) is 12.1 Å². The first-order valence-electron chi connectivity index (χ1n) is 13.1. The van der Waals surface area contributed by atoms with Gasteiger partial charge < -0.3 is 19.4 Å². The predicted molar refractivity (Wildman–Crippen MR) is 143 cm³/mol. The van der Waals surface area contributed by atoms with Crippen molar-refractivity contribution in [3.63, 3.8) is 0 Å². The van der Waals surface area contributed by atoms with Crippen molar-refractivity contribution >= 4 is 17.4 Å². The monoisotopic (exact) mass is 549 g/mol. The summed E-state index contributed by atoms with van der Waals surface area (Å²) in [5.74, 6) is 1.23. The number of alkyl halides is 3. The van der Waals surface area contributed by atoms with Crippen LogP contribution >= 0.6 is 11.3 Å². The van der Waals surface area contributed by atoms with Crippen LogP contribution in [-0.4, -0.2) is 35.0 Å². The van der Waals surface area contributed by atoms with E-state index in [0.29, 0.717) is 18.2 Å². The lowest BCUT2D eigenvalue weighted by molar-refractivity contribution is -0.153. The van der Waals surface area contributed by atoms with Gasteiger partial charge in [-0.2, -0.15) is 13.2 Å². The van der Waals surface area contributed by atoms with E-state index >= 15 is 0 Å². The average Bonchev–Trinajstić information content (AvgIpc) is 3.49. The number of carbonyl (C=O) groups excluding carboxylic acids is 1. The van der Waals surface area contributed by atoms with Crippen molar-refractivity contribution in [3.8, 4) is 33.5 Å². The molecule has 38 heavy (non-hydrogen) atoms. The molecule has 0 aliphatic heterocycles. The molecule has 4 rings (SSSR count). The van der Waals surface area contributed by atoms with Crippen LogP contribution in [0.3, 0.4) is 0 Å². The van der Waals surface area contributed by atoms with Crippen LogP contribution in [0.5, 0.6) is 11.5 Å². The number of hydrogen-bond donors (Lipinski definition) is 1. The molecule has 3 aromatic rings. The Hall–Kier alpha value is -3.01. The van der Waals surface area contributed by atoms with Crippen molar-refractivity contribution in [1.82, 2.24) is 14.9 Å². The van der Waals surface area contributed by atoms with Crippen LogP contribution in [-0.2, 0) is 6.54 Å². The van der Waals surface area contributed by atoms with E-state index < -0.39 is 18.9 Å². The lowest BCUT2D eigenvalue weighted by Gasteiger charge is -2.24. The van der Waals surface area contributed by atoms with Crippen LogP contribution in [0.2, 0.25) is 0 Å². The summed E-state index contributed by atoms with van der Waals surface area (Å²) in [5, 5.41) is 5.50. The number of ether oxygens (including phenoxy) is 2. The highest BCUT2D eigenvalue weighted by Crippen LogP contribution is 2.36. The Kier molecular flexibility index (Phi) is 9.35. The SMILES string of the molecule is CCCCNC(=O)Oc1cc(-c2csc(-c3ccc(OCC(F)(F)F)cc3)n2)n(CC2CCCCC2)c1C. The van der Waals surface area contributed by atoms with Gasteiger partial charge in [0, 0.05) is 30.1 Å². The van der Waals surface area contributed by atoms with Gasteiger partial charge in [-0.25, -0.2) is 9.78 Å². The second-order valence-corrected chi connectivity index (χ2v) is 10.6. The molecule has 1 aliphatic rings. The van der Waals surface area contributed by atoms with Gasteiger partial charge in [0.25, 0.3) is 0 Å². The Morgan fingerprint density at radius 1 is 1.18 bits per heavy atom. The van der Waals surface area contributed by atoms with Gasteiger partial charge >= 0.3 is 12.3 Å². The van der Waals surface area contributed by atoms with Crippen molar-refractivity contribution < 1.29 is 27.4 Å². The molecule has 0 atom stereocenters. The smallest absolute Gasteiger partial charge is 0.422 e. The van der Waals surface area contributed by atoms with Crippen LogP contribution in [0.4, 0.5) is 18.0 Å². The van der Waals surface area contributed by atoms with Crippen LogP contribution in [0.25, 0.3) is 22.0 Å². The van der Waals surface area contributed by atoms with Gasteiger partial charge in [0.15, 0.2) is 12.4 Å². The topological polar surface area (TPSA) is 65.4 Å². The number of halogens is 3. The number of nitrogens with zero attached hydrogens (tertiary/aromatic N) is 2. The molecule has 0 radical (unpaired) electrons. The first-order chi connectivity index (χ1) is 18.2. The first-order valence-corrected chi connectivity index (χ1v) is 14.0. The molecule has 10 heteroatoms. The van der Waals surface area contributed by atoms with E-state index in [4.69, 9.17) is 14.5 Å². The quantitative estimate of drug-likeness (QED) is 0.260. The summed E-state index contributed by atoms with van der Waals surface area (Å²) in [7, 11) is 0. The molecular formula is C28H34F3N3O3S. The summed E-state index contributed by atoms with van der Waals surface area (Å²) in [4.78, 5) is 17.2. The Morgan fingerprint density at radius 3 is 2.61 bits per heavy atom. The van der Waals surface area contributed by atoms with Crippen LogP contribution < -0.4 is 14.8 Å². The van der Waals surface area contributed by atoms with Crippen LogP contribution in [0, 0.1) is 12.8 Å². The Morgan fingerprint density at radius 2 is 1.92 bits per heavy atom. The van der Waals surface area contributed by atoms with E-state index in [1.807, 2.05) is 18.4 Å². The fourth-order valence-electron chi connectivity index (χ4n) is 4.69. The van der Waals surface area contributed by atoms with Gasteiger partial charge in [-0.3, -0.25) is 0 Å². The summed E-state index contributed by atoms with van der Waals surface area (Å²) in [6.07, 6.45) is 3.11. The highest BCUT2D eigenvalue weighted by molar-refractivity contribution is 7.13. The van der Waals surface area contributed by atoms with Crippen molar-refractivity contribution in [1.29, 1.82) is 0 Å². The zero-order chi connectivity index (χ0) is 27.1. The maximum Gasteiger partial charge on any atom is 0.422 e. The van der Waals surface area contributed by atoms with E-state index in [-0.39, 0.29) is 5.75 Å². The normalized spacial score (nSPS) is 14.4. The zero-order valence-corrected chi connectivity index (χ0v) is 22.6. The fourth-order valence-corrected chi connectivity index (χ4v) is 5.50. The lowest BCUT2D eigenvalue weighted by atomic mass is 9.89. The molecule has 2 heterocycles. The molecule has 0 unspecified atom stereocenters. The molecule has 2 aromatic heterocycles. The molecule has 1 aromatic carbocycles. The van der Waals surface area contributed by atoms with E-state index in [1.165, 1.54) is 55.6 Å². The molecule has 1 amide bonds. The number of hydrogen-bond acceptors (Lipinski definition) is 5. The van der Waals surface area contributed by atoms with Crippen molar-refractivity contribution in [3.05, 3.63) is 41.4 Å². The zero-order valence-electron chi connectivity index (χ0n) is 21.8. The van der Waals surface area contributed by atoms with Gasteiger partial charge in [0.05, 0.1) is 17.1 Å². The largest absolute Gasteiger partial charge is 0.484 e. The molecule has 0 spiro atoms. The predicted octanol–water partition coefficient (Wildman–Crippen LogP) is 8.00. The Balaban J connectivity index is 1.56. The number of rotatable bonds is 10. The van der Waals surface area contributed by atoms with Crippen molar-refractivity contribution in [2.75, 3.05) is 13.2 Å². The summed E-state index contributed by atoms with van der Waals surface area (Å²) in [6, 6.07) is 8.32. The number of amides is 1. The molecule has 206 valence electrons. The van der Waals surface area contributed by atoms with Crippen molar-refractivity contribution in [2.45, 2.75) is 71.5 Å². The number of aromatic nitrogens is 2. The first kappa shape index (κ1) is 28.0. The minimum absolute atomic E-state index is 0.152. The van der Waals surface area contributed by atoms with Crippen LogP contribution in [0.1, 0.15) is 57.6 Å². The number of thiazole rings is 1. The maximum atomic E-state index is 12.4. The van der Waals surface area contributed by atoms with Gasteiger partial charge in [0.2, 0.25) is 0 Å². The average molecular weight is 550 g/mol. The lowest BCUT2D eigenvalue weighted by Crippen LogP contribution is -2.27. The van der Waals surface area contributed by atoms with Gasteiger partial charge in [-0.05, 0) is 56.4 Å². The third-order valence-electron chi connectivity index (χ3n) is 6.76. The Bertz CT molecular complexity index is 1200. The van der Waals surface area contributed by atoms with Gasteiger partial charge in [-0.15, -0.1) is 11.3 Å². The van der Waals surface area contributed by atoms with Crippen molar-refractivity contribution in [2.24, 2.45) is 5.92 Å². The minimum Gasteiger partial charge on any atom is -0.484 e. The number of unbranched alkanes of at least 4 members (excludes halogenated alkanes) is 1. The molecule has 1 saturated carbocycles. The van der Waals surface area contributed by atoms with E-state index in [0.717, 1.165) is 47.0 Å². The third-order valence-corrected chi connectivity index (χ3v) is 7.65. The van der Waals surface area contributed by atoms with E-state index in [2.05, 4.69) is 16.8 Å². The number of benzene rings is 1. The Labute approximate surface area is 225 Å². The van der Waals surface area contributed by atoms with Gasteiger partial charge in [-0.1, -0.05) is 32.6 Å². The maximum absolute atomic E-state index is 12.4. The van der Waals surface area contributed by atoms with Gasteiger partial charge in [0.1, 0.15) is 10.8 Å². The third kappa shape index (κ3) is 7.52. The molecule has 0 bridgehead atoms. The molecular weight excluding hydrogens is 515 g/mol. The highest BCUT2D eigenvalue weighted by atomic mass is 32.1. The minimum atomic E-state index is -4.38. The molecule has 1 fully saturated rings. The molecule has 1 N–H and O–H groups in total. The molecule has 6 nitrogen and oxygen atoms in total. The summed E-state index contributed by atoms with van der Waals surface area (Å²) in [6.45, 7) is 4.10. The standard InChI is InChI=1S/C28H34F3N3O3S/c1-3-4-14-32-27(35)37-25-15-24(34(19(25)2)16-20-8-6-5-7-9-20)23-17-38-26(33-23)21-10-12-22(13-11-21)36-18-28(29,30)31/h10-13,15,17,20H,3-9,14,16,18H2,1-2H3,(H,32,35). The summed E-state index contributed by atoms with van der Waals surface area (Å²) < 4.78 is 50.0. The second-order valence-electron chi connectivity index (χ2n) is 9.73. The summed E-state index contributed by atoms with van der Waals surface area (Å²) >= 11 is 1.45. The van der Waals surface area contributed by atoms with Crippen LogP contribution in [0.15, 0.2) is 35.7 Å². The summed E-state index contributed by atoms with van der Waals surface area (Å²) in [5.41, 5.74) is 3.33. The number of nitrogens with one attached hydrogen (secondary N) is 1. The highest BCUT2D eigenvalue weighted by Gasteiger charge is 2.28. The second kappa shape index (κ2) is 12.7. The molecule has 1 aliphatic carbocycles. The number of carbonyl (C=O) groups is 1. The molecule has 0 saturated heterocycles. The van der Waals surface area contributed by atoms with E-state index in [9.17, 15) is 18.0 Å².